The van der Waals surface area contributed by atoms with Crippen molar-refractivity contribution in [2.75, 3.05) is 0 Å². The molecular weight excluding hydrogens is 392 g/mol. The van der Waals surface area contributed by atoms with Gasteiger partial charge in [0.05, 0.1) is 11.2 Å². The smallest absolute Gasteiger partial charge is 0.0657 e. The van der Waals surface area contributed by atoms with E-state index in [2.05, 4.69) is 47.6 Å². The van der Waals surface area contributed by atoms with Crippen LogP contribution in [0.3, 0.4) is 0 Å². The van der Waals surface area contributed by atoms with Crippen molar-refractivity contribution in [2.45, 2.75) is 130 Å². The normalized spacial score (nSPS) is 49.0. The summed E-state index contributed by atoms with van der Waals surface area (Å²) < 4.78 is 0. The summed E-state index contributed by atoms with van der Waals surface area (Å²) in [7, 11) is 0. The fraction of sp³-hybridized carbons (Fsp3) is 0.933. The van der Waals surface area contributed by atoms with Gasteiger partial charge < -0.3 is 10.2 Å². The summed E-state index contributed by atoms with van der Waals surface area (Å²) in [6, 6.07) is 0. The van der Waals surface area contributed by atoms with Crippen LogP contribution in [0.15, 0.2) is 11.6 Å². The largest absolute Gasteiger partial charge is 0.390 e. The molecule has 0 heterocycles. The van der Waals surface area contributed by atoms with Crippen molar-refractivity contribution >= 4 is 0 Å². The van der Waals surface area contributed by atoms with E-state index in [1.165, 1.54) is 50.5 Å². The summed E-state index contributed by atoms with van der Waals surface area (Å²) >= 11 is 0. The van der Waals surface area contributed by atoms with Gasteiger partial charge in [0.15, 0.2) is 0 Å². The highest BCUT2D eigenvalue weighted by Crippen LogP contribution is 2.65. The second-order valence-corrected chi connectivity index (χ2v) is 13.9. The highest BCUT2D eigenvalue weighted by molar-refractivity contribution is 5.22. The van der Waals surface area contributed by atoms with Crippen molar-refractivity contribution in [1.29, 1.82) is 0 Å². The van der Waals surface area contributed by atoms with Gasteiger partial charge in [0.1, 0.15) is 0 Å². The zero-order valence-electron chi connectivity index (χ0n) is 22.2. The molecule has 4 aliphatic carbocycles. The minimum atomic E-state index is -0.524. The lowest BCUT2D eigenvalue weighted by Crippen LogP contribution is -2.49. The lowest BCUT2D eigenvalue weighted by molar-refractivity contribution is -0.0601. The van der Waals surface area contributed by atoms with Gasteiger partial charge in [-0.15, -0.1) is 0 Å². The zero-order valence-corrected chi connectivity index (χ0v) is 22.2. The first kappa shape index (κ1) is 24.8. The van der Waals surface area contributed by atoms with Gasteiger partial charge in [-0.25, -0.2) is 0 Å². The third-order valence-corrected chi connectivity index (χ3v) is 11.7. The van der Waals surface area contributed by atoms with Crippen LogP contribution in [0.5, 0.6) is 0 Å². The standard InChI is InChI=1S/C30H52O2/c1-8-22-19-27(4,31)17-18-28(22,5)26-14-15-29(6)24(11-12-25(29)21(26)3)20(2)13-16-30(7,32)23-9-10-23/h8,20-21,23-26,31-32H,9-19H2,1-7H3/b22-8-/t20-,21+,24-,25+,26+,27+,28+,29-,30+/m1/s1. The Bertz CT molecular complexity index is 716. The molecule has 0 saturated heterocycles. The minimum Gasteiger partial charge on any atom is -0.390 e. The van der Waals surface area contributed by atoms with Gasteiger partial charge in [0, 0.05) is 0 Å². The number of hydrogen-bond acceptors (Lipinski definition) is 2. The first-order valence-electron chi connectivity index (χ1n) is 13.9. The lowest BCUT2D eigenvalue weighted by atomic mass is 9.49. The number of allylic oxidation sites excluding steroid dienone is 1. The summed E-state index contributed by atoms with van der Waals surface area (Å²) in [5.41, 5.74) is 1.28. The van der Waals surface area contributed by atoms with Crippen LogP contribution in [-0.2, 0) is 0 Å². The molecule has 0 spiro atoms. The van der Waals surface area contributed by atoms with E-state index in [-0.39, 0.29) is 5.41 Å². The molecule has 4 rings (SSSR count). The molecule has 2 N–H and O–H groups in total. The van der Waals surface area contributed by atoms with Crippen LogP contribution >= 0.6 is 0 Å². The highest BCUT2D eigenvalue weighted by atomic mass is 16.3. The maximum Gasteiger partial charge on any atom is 0.0657 e. The van der Waals surface area contributed by atoms with Crippen LogP contribution in [0.1, 0.15) is 119 Å². The Morgan fingerprint density at radius 2 is 1.72 bits per heavy atom. The SMILES string of the molecule is C/C=C1/C[C@@](C)(O)CC[C@]1(C)[C@H]1CC[C@]2(C)[C@@H]([C@H](C)CC[C@](C)(O)C3CC3)CC[C@H]2[C@@H]1C. The predicted octanol–water partition coefficient (Wildman–Crippen LogP) is 7.53. The Kier molecular flexibility index (Phi) is 6.50. The number of hydrogen-bond donors (Lipinski definition) is 2. The average Bonchev–Trinajstić information content (AvgIpc) is 3.52. The van der Waals surface area contributed by atoms with E-state index in [0.717, 1.165) is 49.4 Å². The van der Waals surface area contributed by atoms with Crippen molar-refractivity contribution in [1.82, 2.24) is 0 Å². The van der Waals surface area contributed by atoms with Crippen molar-refractivity contribution in [3.05, 3.63) is 11.6 Å². The van der Waals surface area contributed by atoms with Crippen LogP contribution in [0.2, 0.25) is 0 Å². The second-order valence-electron chi connectivity index (χ2n) is 13.9. The first-order chi connectivity index (χ1) is 14.8. The third-order valence-electron chi connectivity index (χ3n) is 11.7. The molecule has 0 amide bonds. The van der Waals surface area contributed by atoms with Crippen LogP contribution in [0.4, 0.5) is 0 Å². The number of fused-ring (bicyclic) bond motifs is 1. The van der Waals surface area contributed by atoms with E-state index >= 15 is 0 Å². The Morgan fingerprint density at radius 3 is 2.34 bits per heavy atom. The molecule has 2 heteroatoms. The molecule has 0 aromatic heterocycles. The van der Waals surface area contributed by atoms with E-state index in [0.29, 0.717) is 17.3 Å². The minimum absolute atomic E-state index is 0.254. The molecule has 4 saturated carbocycles. The predicted molar refractivity (Wildman–Crippen MR) is 134 cm³/mol. The fourth-order valence-corrected chi connectivity index (χ4v) is 9.25. The average molecular weight is 445 g/mol. The van der Waals surface area contributed by atoms with Crippen molar-refractivity contribution in [2.24, 2.45) is 46.3 Å². The van der Waals surface area contributed by atoms with Crippen LogP contribution in [-0.4, -0.2) is 21.4 Å². The molecule has 0 aromatic carbocycles. The third kappa shape index (κ3) is 4.26. The summed E-state index contributed by atoms with van der Waals surface area (Å²) in [6.07, 6.45) is 15.4. The molecule has 0 radical (unpaired) electrons. The van der Waals surface area contributed by atoms with Gasteiger partial charge in [-0.1, -0.05) is 39.3 Å². The molecule has 2 nitrogen and oxygen atoms in total. The summed E-state index contributed by atoms with van der Waals surface area (Å²) in [5, 5.41) is 21.6. The van der Waals surface area contributed by atoms with Crippen molar-refractivity contribution in [3.8, 4) is 0 Å². The van der Waals surface area contributed by atoms with E-state index in [1.54, 1.807) is 0 Å². The zero-order chi connectivity index (χ0) is 23.5. The first-order valence-corrected chi connectivity index (χ1v) is 13.9. The molecule has 9 atom stereocenters. The van der Waals surface area contributed by atoms with E-state index in [4.69, 9.17) is 0 Å². The van der Waals surface area contributed by atoms with Gasteiger partial charge in [-0.2, -0.15) is 0 Å². The molecular formula is C30H52O2. The van der Waals surface area contributed by atoms with Crippen molar-refractivity contribution in [3.63, 3.8) is 0 Å². The summed E-state index contributed by atoms with van der Waals surface area (Å²) in [5.74, 6) is 4.42. The van der Waals surface area contributed by atoms with E-state index < -0.39 is 11.2 Å². The molecule has 32 heavy (non-hydrogen) atoms. The van der Waals surface area contributed by atoms with E-state index in [1.807, 2.05) is 6.92 Å². The molecule has 184 valence electrons. The van der Waals surface area contributed by atoms with E-state index in [9.17, 15) is 10.2 Å². The maximum atomic E-state index is 10.9. The quantitative estimate of drug-likeness (QED) is 0.416. The fourth-order valence-electron chi connectivity index (χ4n) is 9.25. The topological polar surface area (TPSA) is 40.5 Å². The summed E-state index contributed by atoms with van der Waals surface area (Å²) in [4.78, 5) is 0. The van der Waals surface area contributed by atoms with Crippen LogP contribution < -0.4 is 0 Å². The number of aliphatic hydroxyl groups is 2. The Morgan fingerprint density at radius 1 is 1.03 bits per heavy atom. The van der Waals surface area contributed by atoms with Crippen molar-refractivity contribution < 1.29 is 10.2 Å². The molecule has 0 bridgehead atoms. The van der Waals surface area contributed by atoms with Gasteiger partial charge in [0.2, 0.25) is 0 Å². The number of rotatable bonds is 6. The van der Waals surface area contributed by atoms with Gasteiger partial charge in [-0.3, -0.25) is 0 Å². The molecule has 4 aliphatic rings. The molecule has 0 unspecified atom stereocenters. The molecule has 0 aromatic rings. The Labute approximate surface area is 198 Å². The van der Waals surface area contributed by atoms with Crippen LogP contribution in [0, 0.1) is 46.3 Å². The highest BCUT2D eigenvalue weighted by Gasteiger charge is 2.57. The molecule has 4 fully saturated rings. The van der Waals surface area contributed by atoms with Crippen LogP contribution in [0.25, 0.3) is 0 Å². The van der Waals surface area contributed by atoms with Gasteiger partial charge in [-0.05, 0) is 138 Å². The Hall–Kier alpha value is -0.340. The maximum absolute atomic E-state index is 10.9. The van der Waals surface area contributed by atoms with Gasteiger partial charge in [0.25, 0.3) is 0 Å². The molecule has 0 aliphatic heterocycles. The Balaban J connectivity index is 1.46. The lowest BCUT2D eigenvalue weighted by Gasteiger charge is -2.56. The van der Waals surface area contributed by atoms with Gasteiger partial charge >= 0.3 is 0 Å². The monoisotopic (exact) mass is 444 g/mol. The summed E-state index contributed by atoms with van der Waals surface area (Å²) in [6.45, 7) is 16.5. The second kappa shape index (κ2) is 8.40.